The largest absolute Gasteiger partial charge is 0.508 e. The molecule has 5 nitrogen and oxygen atoms in total. The second-order valence-electron chi connectivity index (χ2n) is 7.41. The molecule has 4 N–H and O–H groups in total. The lowest BCUT2D eigenvalue weighted by molar-refractivity contribution is -0.121. The van der Waals surface area contributed by atoms with E-state index in [1.165, 1.54) is 11.6 Å². The average Bonchev–Trinajstić information content (AvgIpc) is 3.00. The molecule has 0 unspecified atom stereocenters. The molecule has 0 fully saturated rings. The Hall–Kier alpha value is -2.63. The van der Waals surface area contributed by atoms with E-state index in [-0.39, 0.29) is 11.7 Å². The minimum Gasteiger partial charge on any atom is -0.508 e. The number of allylic oxidation sites excluding steroid dienone is 3. The standard InChI is InChI=1S/C25H33NO4/c1-2-26-25(30)13-9-4-3-8-12-21-22(24(29)18-23(21)28)17-16-20(27)15-14-19-10-6-5-7-11-19/h3,5-8,10-11,16-18,20,23,27-29H,2,4,9,12-15H2,1H3,(H,26,30)/b8-3-,17-16+/t20-,23-/m0/s1. The molecule has 0 radical (unpaired) electrons. The van der Waals surface area contributed by atoms with Crippen LogP contribution < -0.4 is 5.32 Å². The fourth-order valence-corrected chi connectivity index (χ4v) is 3.34. The van der Waals surface area contributed by atoms with Crippen molar-refractivity contribution >= 4 is 5.91 Å². The van der Waals surface area contributed by atoms with Crippen molar-refractivity contribution in [2.75, 3.05) is 6.54 Å². The maximum absolute atomic E-state index is 11.4. The Bertz CT molecular complexity index is 793. The van der Waals surface area contributed by atoms with Crippen LogP contribution in [-0.4, -0.2) is 40.0 Å². The summed E-state index contributed by atoms with van der Waals surface area (Å²) in [4.78, 5) is 11.4. The average molecular weight is 412 g/mol. The molecular formula is C25H33NO4. The normalized spacial score (nSPS) is 17.7. The summed E-state index contributed by atoms with van der Waals surface area (Å²) in [6, 6.07) is 9.98. The lowest BCUT2D eigenvalue weighted by Gasteiger charge is -2.08. The van der Waals surface area contributed by atoms with E-state index in [9.17, 15) is 20.1 Å². The van der Waals surface area contributed by atoms with Gasteiger partial charge in [0, 0.05) is 18.5 Å². The van der Waals surface area contributed by atoms with Crippen molar-refractivity contribution in [3.63, 3.8) is 0 Å². The Morgan fingerprint density at radius 3 is 2.73 bits per heavy atom. The summed E-state index contributed by atoms with van der Waals surface area (Å²) in [5.41, 5.74) is 2.44. The van der Waals surface area contributed by atoms with Gasteiger partial charge in [-0.1, -0.05) is 54.6 Å². The van der Waals surface area contributed by atoms with Crippen molar-refractivity contribution in [2.45, 2.75) is 57.7 Å². The van der Waals surface area contributed by atoms with Crippen LogP contribution in [0.3, 0.4) is 0 Å². The predicted octanol–water partition coefficient (Wildman–Crippen LogP) is 3.90. The van der Waals surface area contributed by atoms with Crippen molar-refractivity contribution in [3.8, 4) is 0 Å². The zero-order valence-corrected chi connectivity index (χ0v) is 17.6. The Balaban J connectivity index is 1.86. The van der Waals surface area contributed by atoms with Crippen LogP contribution in [0.1, 0.15) is 44.6 Å². The molecule has 1 aliphatic carbocycles. The fraction of sp³-hybridized carbons (Fsp3) is 0.400. The van der Waals surface area contributed by atoms with Crippen LogP contribution in [0.15, 0.2) is 77.6 Å². The van der Waals surface area contributed by atoms with E-state index in [1.807, 2.05) is 49.4 Å². The molecule has 0 aliphatic heterocycles. The van der Waals surface area contributed by atoms with Gasteiger partial charge in [-0.05, 0) is 56.2 Å². The maximum atomic E-state index is 11.4. The van der Waals surface area contributed by atoms with Gasteiger partial charge < -0.3 is 20.6 Å². The van der Waals surface area contributed by atoms with E-state index in [1.54, 1.807) is 12.2 Å². The number of nitrogens with one attached hydrogen (secondary N) is 1. The minimum absolute atomic E-state index is 0.0358. The van der Waals surface area contributed by atoms with Crippen LogP contribution in [0.4, 0.5) is 0 Å². The number of amides is 1. The quantitative estimate of drug-likeness (QED) is 0.310. The number of hydrogen-bond acceptors (Lipinski definition) is 4. The highest BCUT2D eigenvalue weighted by molar-refractivity contribution is 5.75. The molecule has 0 bridgehead atoms. The second kappa shape index (κ2) is 12.8. The first-order valence-corrected chi connectivity index (χ1v) is 10.7. The van der Waals surface area contributed by atoms with Crippen LogP contribution in [0, 0.1) is 0 Å². The SMILES string of the molecule is CCNC(=O)CCC/C=C\CC1=C(/C=C/[C@@H](O)CCc2ccccc2)C(O)=C[C@@H]1O. The first kappa shape index (κ1) is 23.6. The van der Waals surface area contributed by atoms with Gasteiger partial charge in [-0.3, -0.25) is 4.79 Å². The number of benzene rings is 1. The lowest BCUT2D eigenvalue weighted by atomic mass is 10.0. The van der Waals surface area contributed by atoms with Crippen LogP contribution in [-0.2, 0) is 11.2 Å². The number of hydrogen-bond donors (Lipinski definition) is 4. The van der Waals surface area contributed by atoms with E-state index in [4.69, 9.17) is 0 Å². The molecule has 0 spiro atoms. The third-order valence-corrected chi connectivity index (χ3v) is 5.00. The highest BCUT2D eigenvalue weighted by atomic mass is 16.3. The molecule has 1 aromatic rings. The molecule has 1 aliphatic rings. The first-order valence-electron chi connectivity index (χ1n) is 10.7. The van der Waals surface area contributed by atoms with Crippen molar-refractivity contribution in [1.29, 1.82) is 0 Å². The molecule has 0 aromatic heterocycles. The number of carbonyl (C=O) groups is 1. The second-order valence-corrected chi connectivity index (χ2v) is 7.41. The third kappa shape index (κ3) is 8.01. The number of rotatable bonds is 12. The lowest BCUT2D eigenvalue weighted by Crippen LogP contribution is -2.21. The monoisotopic (exact) mass is 411 g/mol. The molecule has 2 atom stereocenters. The van der Waals surface area contributed by atoms with Crippen molar-refractivity contribution < 1.29 is 20.1 Å². The number of aryl methyl sites for hydroxylation is 1. The minimum atomic E-state index is -0.828. The third-order valence-electron chi connectivity index (χ3n) is 5.00. The smallest absolute Gasteiger partial charge is 0.219 e. The van der Waals surface area contributed by atoms with Gasteiger partial charge in [0.05, 0.1) is 12.2 Å². The molecule has 30 heavy (non-hydrogen) atoms. The Morgan fingerprint density at radius 2 is 2.00 bits per heavy atom. The van der Waals surface area contributed by atoms with E-state index in [0.29, 0.717) is 37.0 Å². The van der Waals surface area contributed by atoms with E-state index >= 15 is 0 Å². The molecule has 5 heteroatoms. The molecule has 0 heterocycles. The van der Waals surface area contributed by atoms with Crippen LogP contribution in [0.2, 0.25) is 0 Å². The van der Waals surface area contributed by atoms with Crippen molar-refractivity contribution in [3.05, 3.63) is 83.2 Å². The first-order chi connectivity index (χ1) is 14.5. The summed E-state index contributed by atoms with van der Waals surface area (Å²) in [5.74, 6) is 0.0980. The zero-order chi connectivity index (χ0) is 21.8. The van der Waals surface area contributed by atoms with Gasteiger partial charge >= 0.3 is 0 Å². The summed E-state index contributed by atoms with van der Waals surface area (Å²) < 4.78 is 0. The molecule has 2 rings (SSSR count). The van der Waals surface area contributed by atoms with E-state index < -0.39 is 12.2 Å². The summed E-state index contributed by atoms with van der Waals surface area (Å²) in [6.07, 6.45) is 11.2. The summed E-state index contributed by atoms with van der Waals surface area (Å²) in [5, 5.41) is 33.4. The Kier molecular flexibility index (Phi) is 10.1. The highest BCUT2D eigenvalue weighted by Crippen LogP contribution is 2.29. The molecular weight excluding hydrogens is 378 g/mol. The summed E-state index contributed by atoms with van der Waals surface area (Å²) in [6.45, 7) is 2.55. The number of aliphatic hydroxyl groups is 3. The molecule has 1 amide bonds. The van der Waals surface area contributed by atoms with E-state index in [0.717, 1.165) is 19.3 Å². The molecule has 1 aromatic carbocycles. The molecule has 0 saturated heterocycles. The zero-order valence-electron chi connectivity index (χ0n) is 17.6. The predicted molar refractivity (Wildman–Crippen MR) is 120 cm³/mol. The van der Waals surface area contributed by atoms with Gasteiger partial charge in [-0.25, -0.2) is 0 Å². The van der Waals surface area contributed by atoms with Gasteiger partial charge in [0.1, 0.15) is 5.76 Å². The van der Waals surface area contributed by atoms with Gasteiger partial charge in [0.2, 0.25) is 5.91 Å². The summed E-state index contributed by atoms with van der Waals surface area (Å²) in [7, 11) is 0. The number of carbonyl (C=O) groups excluding carboxylic acids is 1. The van der Waals surface area contributed by atoms with Crippen LogP contribution in [0.25, 0.3) is 0 Å². The van der Waals surface area contributed by atoms with Gasteiger partial charge in [-0.2, -0.15) is 0 Å². The number of unbranched alkanes of at least 4 members (excludes halogenated alkanes) is 1. The Morgan fingerprint density at radius 1 is 1.23 bits per heavy atom. The molecule has 162 valence electrons. The van der Waals surface area contributed by atoms with Gasteiger partial charge in [0.15, 0.2) is 0 Å². The summed E-state index contributed by atoms with van der Waals surface area (Å²) >= 11 is 0. The maximum Gasteiger partial charge on any atom is 0.219 e. The van der Waals surface area contributed by atoms with Crippen LogP contribution in [0.5, 0.6) is 0 Å². The number of aliphatic hydroxyl groups excluding tert-OH is 3. The van der Waals surface area contributed by atoms with E-state index in [2.05, 4.69) is 5.32 Å². The van der Waals surface area contributed by atoms with Gasteiger partial charge in [0.25, 0.3) is 0 Å². The molecule has 0 saturated carbocycles. The van der Waals surface area contributed by atoms with Crippen LogP contribution >= 0.6 is 0 Å². The highest BCUT2D eigenvalue weighted by Gasteiger charge is 2.22. The topological polar surface area (TPSA) is 89.8 Å². The van der Waals surface area contributed by atoms with Crippen molar-refractivity contribution in [1.82, 2.24) is 5.32 Å². The van der Waals surface area contributed by atoms with Crippen molar-refractivity contribution in [2.24, 2.45) is 0 Å². The Labute approximate surface area is 179 Å². The van der Waals surface area contributed by atoms with Gasteiger partial charge in [-0.15, -0.1) is 0 Å². The fourth-order valence-electron chi connectivity index (χ4n) is 3.34.